The van der Waals surface area contributed by atoms with Crippen LogP contribution < -0.4 is 0 Å². The molecule has 0 saturated carbocycles. The highest BCUT2D eigenvalue weighted by Gasteiger charge is 2.39. The molecule has 0 bridgehead atoms. The first-order chi connectivity index (χ1) is 10.4. The molecule has 124 valence electrons. The largest absolute Gasteiger partial charge is 0.480 e. The number of nitrogens with zero attached hydrogens (tertiary/aromatic N) is 3. The third-order valence-electron chi connectivity index (χ3n) is 4.51. The summed E-state index contributed by atoms with van der Waals surface area (Å²) in [5.74, 6) is -1.74. The van der Waals surface area contributed by atoms with Crippen molar-refractivity contribution in [3.8, 4) is 0 Å². The van der Waals surface area contributed by atoms with E-state index in [4.69, 9.17) is 10.2 Å². The Morgan fingerprint density at radius 3 is 2.23 bits per heavy atom. The van der Waals surface area contributed by atoms with Crippen molar-refractivity contribution >= 4 is 17.7 Å². The predicted octanol–water partition coefficient (Wildman–Crippen LogP) is -1.34. The second-order valence-corrected chi connectivity index (χ2v) is 6.09. The van der Waals surface area contributed by atoms with E-state index in [2.05, 4.69) is 4.90 Å². The maximum absolute atomic E-state index is 12.0. The number of carboxylic acids is 2. The van der Waals surface area contributed by atoms with E-state index >= 15 is 0 Å². The Balaban J connectivity index is 2.12. The summed E-state index contributed by atoms with van der Waals surface area (Å²) in [5, 5.41) is 18.0. The zero-order valence-corrected chi connectivity index (χ0v) is 12.8. The molecule has 0 spiro atoms. The van der Waals surface area contributed by atoms with Crippen LogP contribution in [0.1, 0.15) is 6.92 Å². The third kappa shape index (κ3) is 4.25. The Bertz CT molecular complexity index is 456. The summed E-state index contributed by atoms with van der Waals surface area (Å²) in [6.07, 6.45) is 0. The van der Waals surface area contributed by atoms with Gasteiger partial charge in [-0.05, 0) is 0 Å². The summed E-state index contributed by atoms with van der Waals surface area (Å²) in [6.45, 7) is 4.84. The van der Waals surface area contributed by atoms with Crippen LogP contribution in [-0.2, 0) is 14.4 Å². The van der Waals surface area contributed by atoms with Crippen LogP contribution in [0.25, 0.3) is 0 Å². The highest BCUT2D eigenvalue weighted by Crippen LogP contribution is 2.22. The second kappa shape index (κ2) is 7.17. The molecule has 0 aliphatic carbocycles. The standard InChI is InChI=1S/C14H23N3O5/c1-10-11-6-16(9-14(21)22)3-2-15(8-13(19)20)4-5-17(11)7-12(10)18/h10-11H,2-9H2,1H3,(H,19,20)(H,21,22)/t10-,11?/m0/s1. The van der Waals surface area contributed by atoms with E-state index < -0.39 is 11.9 Å². The summed E-state index contributed by atoms with van der Waals surface area (Å²) in [5.41, 5.74) is 0. The highest BCUT2D eigenvalue weighted by atomic mass is 16.4. The van der Waals surface area contributed by atoms with Crippen molar-refractivity contribution in [2.45, 2.75) is 13.0 Å². The van der Waals surface area contributed by atoms with Gasteiger partial charge in [0.1, 0.15) is 0 Å². The molecule has 0 aromatic heterocycles. The molecule has 0 radical (unpaired) electrons. The molecule has 2 rings (SSSR count). The maximum Gasteiger partial charge on any atom is 0.317 e. The highest BCUT2D eigenvalue weighted by molar-refractivity contribution is 5.85. The molecule has 2 atom stereocenters. The minimum atomic E-state index is -0.910. The lowest BCUT2D eigenvalue weighted by Crippen LogP contribution is -2.44. The van der Waals surface area contributed by atoms with Gasteiger partial charge in [0.05, 0.1) is 19.6 Å². The number of rotatable bonds is 4. The van der Waals surface area contributed by atoms with Crippen molar-refractivity contribution in [2.75, 3.05) is 52.4 Å². The van der Waals surface area contributed by atoms with Gasteiger partial charge in [0, 0.05) is 44.7 Å². The molecular weight excluding hydrogens is 290 g/mol. The number of carbonyl (C=O) groups excluding carboxylic acids is 1. The Hall–Kier alpha value is -1.51. The molecule has 2 fully saturated rings. The molecule has 0 aromatic carbocycles. The predicted molar refractivity (Wildman–Crippen MR) is 77.7 cm³/mol. The number of ketones is 1. The summed E-state index contributed by atoms with van der Waals surface area (Å²) < 4.78 is 0. The fourth-order valence-electron chi connectivity index (χ4n) is 3.22. The number of hydrogen-bond donors (Lipinski definition) is 2. The van der Waals surface area contributed by atoms with Gasteiger partial charge in [-0.1, -0.05) is 6.92 Å². The molecule has 8 heteroatoms. The topological polar surface area (TPSA) is 101 Å². The fraction of sp³-hybridized carbons (Fsp3) is 0.786. The smallest absolute Gasteiger partial charge is 0.317 e. The number of hydrogen-bond acceptors (Lipinski definition) is 6. The minimum absolute atomic E-state index is 0.0108. The average molecular weight is 313 g/mol. The van der Waals surface area contributed by atoms with E-state index in [0.29, 0.717) is 39.3 Å². The van der Waals surface area contributed by atoms with Crippen molar-refractivity contribution in [3.63, 3.8) is 0 Å². The first-order valence-corrected chi connectivity index (χ1v) is 7.52. The van der Waals surface area contributed by atoms with Crippen molar-refractivity contribution in [1.29, 1.82) is 0 Å². The second-order valence-electron chi connectivity index (χ2n) is 6.09. The molecule has 8 nitrogen and oxygen atoms in total. The lowest BCUT2D eigenvalue weighted by Gasteiger charge is -2.29. The van der Waals surface area contributed by atoms with Gasteiger partial charge in [0.25, 0.3) is 0 Å². The normalized spacial score (nSPS) is 28.7. The van der Waals surface area contributed by atoms with Gasteiger partial charge >= 0.3 is 11.9 Å². The molecule has 2 aliphatic heterocycles. The average Bonchev–Trinajstić information content (AvgIpc) is 2.71. The molecule has 0 aromatic rings. The van der Waals surface area contributed by atoms with Gasteiger partial charge in [-0.3, -0.25) is 29.1 Å². The Morgan fingerprint density at radius 1 is 1.05 bits per heavy atom. The summed E-state index contributed by atoms with van der Waals surface area (Å²) >= 11 is 0. The third-order valence-corrected chi connectivity index (χ3v) is 4.51. The van der Waals surface area contributed by atoms with E-state index in [-0.39, 0.29) is 30.8 Å². The van der Waals surface area contributed by atoms with Crippen LogP contribution in [0, 0.1) is 5.92 Å². The minimum Gasteiger partial charge on any atom is -0.480 e. The van der Waals surface area contributed by atoms with Crippen LogP contribution in [-0.4, -0.2) is 101 Å². The summed E-state index contributed by atoms with van der Waals surface area (Å²) in [6, 6.07) is 0.0108. The quantitative estimate of drug-likeness (QED) is 0.658. The molecule has 2 saturated heterocycles. The summed E-state index contributed by atoms with van der Waals surface area (Å²) in [7, 11) is 0. The first kappa shape index (κ1) is 16.9. The summed E-state index contributed by atoms with van der Waals surface area (Å²) in [4.78, 5) is 39.6. The maximum atomic E-state index is 12.0. The van der Waals surface area contributed by atoms with Gasteiger partial charge in [-0.2, -0.15) is 0 Å². The van der Waals surface area contributed by atoms with Gasteiger partial charge in [0.2, 0.25) is 0 Å². The van der Waals surface area contributed by atoms with E-state index in [1.807, 2.05) is 6.92 Å². The van der Waals surface area contributed by atoms with E-state index in [1.54, 1.807) is 9.80 Å². The fourth-order valence-corrected chi connectivity index (χ4v) is 3.22. The monoisotopic (exact) mass is 313 g/mol. The van der Waals surface area contributed by atoms with Crippen molar-refractivity contribution in [3.05, 3.63) is 0 Å². The van der Waals surface area contributed by atoms with Crippen molar-refractivity contribution < 1.29 is 24.6 Å². The molecular formula is C14H23N3O5. The van der Waals surface area contributed by atoms with Gasteiger partial charge in [-0.15, -0.1) is 0 Å². The number of fused-ring (bicyclic) bond motifs is 1. The van der Waals surface area contributed by atoms with Crippen LogP contribution in [0.3, 0.4) is 0 Å². The van der Waals surface area contributed by atoms with Gasteiger partial charge in [0.15, 0.2) is 5.78 Å². The molecule has 1 unspecified atom stereocenters. The number of Topliss-reactive ketones (excluding diaryl/α,β-unsaturated/α-hetero) is 1. The van der Waals surface area contributed by atoms with E-state index in [1.165, 1.54) is 0 Å². The van der Waals surface area contributed by atoms with Crippen LogP contribution in [0.15, 0.2) is 0 Å². The molecule has 0 amide bonds. The number of carboxylic acid groups (broad SMARTS) is 2. The van der Waals surface area contributed by atoms with E-state index in [9.17, 15) is 14.4 Å². The van der Waals surface area contributed by atoms with Gasteiger partial charge in [-0.25, -0.2) is 0 Å². The molecule has 2 heterocycles. The lowest BCUT2D eigenvalue weighted by molar-refractivity contribution is -0.140. The zero-order chi connectivity index (χ0) is 16.3. The van der Waals surface area contributed by atoms with E-state index in [0.717, 1.165) is 0 Å². The van der Waals surface area contributed by atoms with Crippen molar-refractivity contribution in [1.82, 2.24) is 14.7 Å². The molecule has 22 heavy (non-hydrogen) atoms. The van der Waals surface area contributed by atoms with Crippen LogP contribution in [0.4, 0.5) is 0 Å². The van der Waals surface area contributed by atoms with Gasteiger partial charge < -0.3 is 10.2 Å². The van der Waals surface area contributed by atoms with Crippen LogP contribution >= 0.6 is 0 Å². The Morgan fingerprint density at radius 2 is 1.59 bits per heavy atom. The number of aliphatic carboxylic acids is 2. The van der Waals surface area contributed by atoms with Crippen LogP contribution in [0.2, 0.25) is 0 Å². The number of carbonyl (C=O) groups is 3. The van der Waals surface area contributed by atoms with Crippen LogP contribution in [0.5, 0.6) is 0 Å². The Labute approximate surface area is 129 Å². The Kier molecular flexibility index (Phi) is 5.49. The lowest BCUT2D eigenvalue weighted by atomic mass is 10.0. The van der Waals surface area contributed by atoms with Crippen molar-refractivity contribution in [2.24, 2.45) is 5.92 Å². The first-order valence-electron chi connectivity index (χ1n) is 7.52. The SMILES string of the molecule is C[C@@H]1C(=O)CN2CCN(CC(=O)O)CCN(CC(=O)O)CC12. The zero-order valence-electron chi connectivity index (χ0n) is 12.8. The molecule has 2 aliphatic rings. The molecule has 2 N–H and O–H groups in total.